The summed E-state index contributed by atoms with van der Waals surface area (Å²) in [6, 6.07) is 9.79. The van der Waals surface area contributed by atoms with E-state index in [0.717, 1.165) is 11.5 Å². The third kappa shape index (κ3) is 6.54. The van der Waals surface area contributed by atoms with Crippen LogP contribution in [-0.4, -0.2) is 26.2 Å². The van der Waals surface area contributed by atoms with E-state index in [9.17, 15) is 4.79 Å². The summed E-state index contributed by atoms with van der Waals surface area (Å²) in [6.45, 7) is 2.31. The minimum Gasteiger partial charge on any atom is -0.363 e. The van der Waals surface area contributed by atoms with Gasteiger partial charge in [-0.1, -0.05) is 65.9 Å². The van der Waals surface area contributed by atoms with E-state index >= 15 is 0 Å². The molecule has 1 saturated carbocycles. The van der Waals surface area contributed by atoms with Crippen molar-refractivity contribution in [1.82, 2.24) is 10.4 Å². The van der Waals surface area contributed by atoms with Crippen molar-refractivity contribution in [2.75, 3.05) is 6.44 Å². The lowest BCUT2D eigenvalue weighted by atomic mass is 9.88. The maximum atomic E-state index is 11.6. The standard InChI is InChI=1S/C10H16BN2OP.C5H10/c11-7-12-10(14)9(13-15)6-8-4-2-1-3-5-8;1-5-3-2-4-5/h1-5,9,13H,6-7,11,15H2,(H,12,14);5H,2-4H2,1H3. The second-order valence-corrected chi connectivity index (χ2v) is 5.67. The van der Waals surface area contributed by atoms with E-state index in [1.165, 1.54) is 19.3 Å². The number of carbonyl (C=O) groups excluding carboxylic acids is 1. The maximum absolute atomic E-state index is 11.6. The molecule has 1 fully saturated rings. The van der Waals surface area contributed by atoms with Crippen LogP contribution in [0.25, 0.3) is 0 Å². The van der Waals surface area contributed by atoms with Crippen LogP contribution in [0.4, 0.5) is 0 Å². The van der Waals surface area contributed by atoms with Gasteiger partial charge in [-0.2, -0.15) is 0 Å². The first kappa shape index (κ1) is 17.2. The molecule has 2 N–H and O–H groups in total. The van der Waals surface area contributed by atoms with Gasteiger partial charge >= 0.3 is 0 Å². The van der Waals surface area contributed by atoms with Crippen molar-refractivity contribution in [2.24, 2.45) is 5.92 Å². The topological polar surface area (TPSA) is 41.1 Å². The van der Waals surface area contributed by atoms with Crippen molar-refractivity contribution in [2.45, 2.75) is 38.6 Å². The molecule has 1 aromatic rings. The zero-order chi connectivity index (χ0) is 14.8. The molecule has 2 atom stereocenters. The number of benzene rings is 1. The molecular weight excluding hydrogens is 266 g/mol. The first-order valence-electron chi connectivity index (χ1n) is 7.45. The van der Waals surface area contributed by atoms with Gasteiger partial charge in [-0.25, -0.2) is 0 Å². The Morgan fingerprint density at radius 3 is 2.40 bits per heavy atom. The van der Waals surface area contributed by atoms with Crippen LogP contribution in [0, 0.1) is 5.92 Å². The zero-order valence-corrected chi connectivity index (χ0v) is 13.7. The van der Waals surface area contributed by atoms with Gasteiger partial charge in [0.25, 0.3) is 0 Å². The molecule has 2 unspecified atom stereocenters. The Balaban J connectivity index is 0.000000333. The smallest absolute Gasteiger partial charge is 0.237 e. The predicted octanol–water partition coefficient (Wildman–Crippen LogP) is 1.49. The van der Waals surface area contributed by atoms with Crippen LogP contribution in [-0.2, 0) is 11.2 Å². The Hall–Kier alpha value is -0.855. The van der Waals surface area contributed by atoms with E-state index in [1.807, 2.05) is 38.2 Å². The Labute approximate surface area is 126 Å². The molecule has 0 heterocycles. The number of carbonyl (C=O) groups is 1. The van der Waals surface area contributed by atoms with Crippen molar-refractivity contribution >= 4 is 23.1 Å². The normalized spacial score (nSPS) is 15.5. The highest BCUT2D eigenvalue weighted by molar-refractivity contribution is 7.13. The second-order valence-electron chi connectivity index (χ2n) is 5.34. The van der Waals surface area contributed by atoms with E-state index in [1.54, 1.807) is 0 Å². The molecule has 3 nitrogen and oxygen atoms in total. The average Bonchev–Trinajstić information content (AvgIpc) is 2.44. The molecule has 0 bridgehead atoms. The van der Waals surface area contributed by atoms with Gasteiger partial charge in [0.15, 0.2) is 0 Å². The second kappa shape index (κ2) is 9.96. The van der Waals surface area contributed by atoms with Crippen LogP contribution in [0.3, 0.4) is 0 Å². The summed E-state index contributed by atoms with van der Waals surface area (Å²) in [4.78, 5) is 11.6. The average molecular weight is 292 g/mol. The molecule has 1 aliphatic rings. The molecule has 5 heteroatoms. The first-order chi connectivity index (χ1) is 9.67. The van der Waals surface area contributed by atoms with Crippen LogP contribution in [0.1, 0.15) is 31.7 Å². The minimum absolute atomic E-state index is 0.0383. The van der Waals surface area contributed by atoms with Gasteiger partial charge in [0.2, 0.25) is 5.91 Å². The first-order valence-corrected chi connectivity index (χ1v) is 8.02. The van der Waals surface area contributed by atoms with E-state index < -0.39 is 0 Å². The maximum Gasteiger partial charge on any atom is 0.237 e. The summed E-state index contributed by atoms with van der Waals surface area (Å²) in [6.07, 6.45) is 5.83. The van der Waals surface area contributed by atoms with Gasteiger partial charge in [-0.05, 0) is 24.3 Å². The lowest BCUT2D eigenvalue weighted by molar-refractivity contribution is -0.122. The van der Waals surface area contributed by atoms with Crippen molar-refractivity contribution in [3.05, 3.63) is 35.9 Å². The molecule has 0 spiro atoms. The van der Waals surface area contributed by atoms with Crippen LogP contribution < -0.4 is 10.4 Å². The molecule has 0 saturated heterocycles. The lowest BCUT2D eigenvalue weighted by Gasteiger charge is -2.18. The molecular formula is C15H26BN2OP. The highest BCUT2D eigenvalue weighted by Crippen LogP contribution is 2.24. The fourth-order valence-corrected chi connectivity index (χ4v) is 2.26. The monoisotopic (exact) mass is 292 g/mol. The molecule has 1 aliphatic carbocycles. The van der Waals surface area contributed by atoms with Crippen LogP contribution in [0.15, 0.2) is 30.3 Å². The van der Waals surface area contributed by atoms with E-state index in [2.05, 4.69) is 26.7 Å². The number of rotatable bonds is 5. The summed E-state index contributed by atoms with van der Waals surface area (Å²) in [5.41, 5.74) is 1.16. The molecule has 1 aromatic carbocycles. The fraction of sp³-hybridized carbons (Fsp3) is 0.533. The summed E-state index contributed by atoms with van der Waals surface area (Å²) >= 11 is 0. The van der Waals surface area contributed by atoms with Gasteiger partial charge < -0.3 is 5.32 Å². The lowest BCUT2D eigenvalue weighted by Crippen LogP contribution is -2.42. The largest absolute Gasteiger partial charge is 0.363 e. The fourth-order valence-electron chi connectivity index (χ4n) is 1.99. The van der Waals surface area contributed by atoms with Crippen LogP contribution in [0.2, 0.25) is 0 Å². The summed E-state index contributed by atoms with van der Waals surface area (Å²) < 4.78 is 0. The van der Waals surface area contributed by atoms with Crippen molar-refractivity contribution in [3.63, 3.8) is 0 Å². The third-order valence-corrected chi connectivity index (χ3v) is 3.95. The highest BCUT2D eigenvalue weighted by Gasteiger charge is 2.15. The third-order valence-electron chi connectivity index (χ3n) is 3.55. The zero-order valence-electron chi connectivity index (χ0n) is 12.6. The molecule has 1 amide bonds. The van der Waals surface area contributed by atoms with Gasteiger partial charge in [0, 0.05) is 0 Å². The molecule has 0 aliphatic heterocycles. The number of amides is 1. The summed E-state index contributed by atoms with van der Waals surface area (Å²) in [7, 11) is 4.31. The number of hydrogen-bond acceptors (Lipinski definition) is 2. The van der Waals surface area contributed by atoms with Crippen LogP contribution in [0.5, 0.6) is 0 Å². The number of hydrogen-bond donors (Lipinski definition) is 2. The minimum atomic E-state index is -0.183. The van der Waals surface area contributed by atoms with Crippen molar-refractivity contribution < 1.29 is 4.79 Å². The molecule has 2 rings (SSSR count). The summed E-state index contributed by atoms with van der Waals surface area (Å²) in [5, 5.41) is 5.74. The molecule has 110 valence electrons. The Bertz CT molecular complexity index is 385. The molecule has 0 radical (unpaired) electrons. The molecule has 20 heavy (non-hydrogen) atoms. The van der Waals surface area contributed by atoms with Crippen molar-refractivity contribution in [3.8, 4) is 0 Å². The van der Waals surface area contributed by atoms with Gasteiger partial charge in [-0.3, -0.25) is 9.88 Å². The van der Waals surface area contributed by atoms with E-state index in [-0.39, 0.29) is 11.9 Å². The summed E-state index contributed by atoms with van der Waals surface area (Å²) in [5.74, 6) is 1.10. The van der Waals surface area contributed by atoms with E-state index in [4.69, 9.17) is 0 Å². The molecule has 0 aromatic heterocycles. The quantitative estimate of drug-likeness (QED) is 0.638. The van der Waals surface area contributed by atoms with E-state index in [0.29, 0.717) is 12.9 Å². The van der Waals surface area contributed by atoms with Crippen molar-refractivity contribution in [1.29, 1.82) is 0 Å². The van der Waals surface area contributed by atoms with Gasteiger partial charge in [0.1, 0.15) is 7.85 Å². The number of nitrogens with one attached hydrogen (secondary N) is 2. The van der Waals surface area contributed by atoms with Gasteiger partial charge in [-0.15, -0.1) is 0 Å². The SMILES string of the molecule is BCNC(=O)C(Cc1ccccc1)NP.CC1CCC1. The van der Waals surface area contributed by atoms with Gasteiger partial charge in [0.05, 0.1) is 6.04 Å². The predicted molar refractivity (Wildman–Crippen MR) is 91.3 cm³/mol. The Morgan fingerprint density at radius 2 is 2.00 bits per heavy atom. The highest BCUT2D eigenvalue weighted by atomic mass is 31.0. The Morgan fingerprint density at radius 1 is 1.40 bits per heavy atom. The Kier molecular flexibility index (Phi) is 8.56. The van der Waals surface area contributed by atoms with Crippen LogP contribution >= 0.6 is 9.39 Å².